The van der Waals surface area contributed by atoms with E-state index in [1.54, 1.807) is 7.11 Å². The molecule has 0 aromatic heterocycles. The third kappa shape index (κ3) is 1.85. The van der Waals surface area contributed by atoms with Crippen LogP contribution in [0.2, 0.25) is 0 Å². The number of allylic oxidation sites excluding steroid dienone is 5. The van der Waals surface area contributed by atoms with E-state index in [1.807, 2.05) is 12.1 Å². The van der Waals surface area contributed by atoms with Crippen LogP contribution in [0.1, 0.15) is 22.6 Å². The van der Waals surface area contributed by atoms with E-state index in [0.29, 0.717) is 5.92 Å². The number of methoxy groups -OCH3 is 1. The van der Waals surface area contributed by atoms with Crippen LogP contribution in [0.3, 0.4) is 0 Å². The zero-order valence-electron chi connectivity index (χ0n) is 11.9. The number of hydrogen-bond acceptors (Lipinski definition) is 1. The molecule has 0 amide bonds. The zero-order chi connectivity index (χ0) is 14.2. The molecule has 1 heteroatoms. The first kappa shape index (κ1) is 12.2. The van der Waals surface area contributed by atoms with Crippen molar-refractivity contribution in [3.63, 3.8) is 0 Å². The van der Waals surface area contributed by atoms with Gasteiger partial charge in [-0.15, -0.1) is 0 Å². The van der Waals surface area contributed by atoms with Crippen molar-refractivity contribution in [2.45, 2.75) is 5.92 Å². The largest absolute Gasteiger partial charge is 0.497 e. The minimum Gasteiger partial charge on any atom is -0.497 e. The van der Waals surface area contributed by atoms with Gasteiger partial charge < -0.3 is 4.74 Å². The van der Waals surface area contributed by atoms with Crippen molar-refractivity contribution in [3.8, 4) is 5.75 Å². The van der Waals surface area contributed by atoms with Gasteiger partial charge in [-0.3, -0.25) is 0 Å². The lowest BCUT2D eigenvalue weighted by molar-refractivity contribution is 0.415. The minimum atomic E-state index is 0.392. The highest BCUT2D eigenvalue weighted by Gasteiger charge is 2.29. The van der Waals surface area contributed by atoms with Gasteiger partial charge in [-0.25, -0.2) is 0 Å². The van der Waals surface area contributed by atoms with Crippen LogP contribution >= 0.6 is 0 Å². The molecular weight excluding hydrogens is 256 g/mol. The molecule has 0 spiro atoms. The van der Waals surface area contributed by atoms with E-state index in [0.717, 1.165) is 5.75 Å². The summed E-state index contributed by atoms with van der Waals surface area (Å²) in [6.07, 6.45) is 8.79. The standard InChI is InChI=1S/C20H16O/c1-21-15-12-10-14(11-13-15)20-18-8-4-2-6-16(18)17-7-3-5-9-19(17)20/h2-13,16H,1H3. The Bertz CT molecular complexity index is 776. The molecule has 0 saturated carbocycles. The van der Waals surface area contributed by atoms with Crippen molar-refractivity contribution in [2.24, 2.45) is 0 Å². The Balaban J connectivity index is 1.92. The molecule has 0 aliphatic heterocycles. The molecule has 1 unspecified atom stereocenters. The van der Waals surface area contributed by atoms with Gasteiger partial charge in [-0.1, -0.05) is 60.7 Å². The van der Waals surface area contributed by atoms with Crippen LogP contribution in [0, 0.1) is 0 Å². The average Bonchev–Trinajstić information content (AvgIpc) is 2.90. The molecule has 0 radical (unpaired) electrons. The molecule has 102 valence electrons. The second-order valence-corrected chi connectivity index (χ2v) is 5.37. The maximum atomic E-state index is 5.27. The number of ether oxygens (including phenoxy) is 1. The Morgan fingerprint density at radius 1 is 0.905 bits per heavy atom. The van der Waals surface area contributed by atoms with Crippen molar-refractivity contribution >= 4 is 5.57 Å². The summed E-state index contributed by atoms with van der Waals surface area (Å²) in [7, 11) is 1.70. The van der Waals surface area contributed by atoms with Crippen LogP contribution in [0.15, 0.2) is 78.4 Å². The smallest absolute Gasteiger partial charge is 0.118 e. The highest BCUT2D eigenvalue weighted by molar-refractivity contribution is 5.91. The van der Waals surface area contributed by atoms with Gasteiger partial charge in [0.25, 0.3) is 0 Å². The van der Waals surface area contributed by atoms with E-state index >= 15 is 0 Å². The minimum absolute atomic E-state index is 0.392. The fraction of sp³-hybridized carbons (Fsp3) is 0.100. The molecule has 21 heavy (non-hydrogen) atoms. The quantitative estimate of drug-likeness (QED) is 0.768. The van der Waals surface area contributed by atoms with Crippen molar-refractivity contribution in [1.29, 1.82) is 0 Å². The number of benzene rings is 2. The van der Waals surface area contributed by atoms with Gasteiger partial charge in [0.2, 0.25) is 0 Å². The Morgan fingerprint density at radius 2 is 1.71 bits per heavy atom. The molecule has 2 aromatic carbocycles. The lowest BCUT2D eigenvalue weighted by atomic mass is 9.91. The van der Waals surface area contributed by atoms with Gasteiger partial charge in [-0.2, -0.15) is 0 Å². The summed E-state index contributed by atoms with van der Waals surface area (Å²) in [6, 6.07) is 17.1. The van der Waals surface area contributed by atoms with E-state index in [-0.39, 0.29) is 0 Å². The van der Waals surface area contributed by atoms with Crippen LogP contribution in [-0.4, -0.2) is 7.11 Å². The summed E-state index contributed by atoms with van der Waals surface area (Å²) in [5.74, 6) is 1.29. The molecule has 1 nitrogen and oxygen atoms in total. The Labute approximate surface area is 124 Å². The van der Waals surface area contributed by atoms with Gasteiger partial charge >= 0.3 is 0 Å². The predicted molar refractivity (Wildman–Crippen MR) is 86.5 cm³/mol. The third-order valence-corrected chi connectivity index (χ3v) is 4.26. The molecule has 0 fully saturated rings. The van der Waals surface area contributed by atoms with Crippen molar-refractivity contribution in [1.82, 2.24) is 0 Å². The maximum Gasteiger partial charge on any atom is 0.118 e. The molecule has 2 aliphatic carbocycles. The van der Waals surface area contributed by atoms with Gasteiger partial charge in [0, 0.05) is 5.92 Å². The SMILES string of the molecule is COc1ccc(C2=C3C=CC=CC3c3ccccc32)cc1. The summed E-state index contributed by atoms with van der Waals surface area (Å²) in [4.78, 5) is 0. The first-order valence-corrected chi connectivity index (χ1v) is 7.21. The second-order valence-electron chi connectivity index (χ2n) is 5.37. The average molecular weight is 272 g/mol. The highest BCUT2D eigenvalue weighted by Crippen LogP contribution is 2.47. The first-order valence-electron chi connectivity index (χ1n) is 7.21. The van der Waals surface area contributed by atoms with Crippen LogP contribution in [-0.2, 0) is 0 Å². The fourth-order valence-electron chi connectivity index (χ4n) is 3.28. The normalized spacial score (nSPS) is 18.6. The zero-order valence-corrected chi connectivity index (χ0v) is 11.9. The summed E-state index contributed by atoms with van der Waals surface area (Å²) >= 11 is 0. The van der Waals surface area contributed by atoms with Crippen LogP contribution in [0.4, 0.5) is 0 Å². The van der Waals surface area contributed by atoms with Crippen LogP contribution in [0.25, 0.3) is 5.57 Å². The summed E-state index contributed by atoms with van der Waals surface area (Å²) in [5, 5.41) is 0. The van der Waals surface area contributed by atoms with Gasteiger partial charge in [0.1, 0.15) is 5.75 Å². The van der Waals surface area contributed by atoms with E-state index < -0.39 is 0 Å². The van der Waals surface area contributed by atoms with Crippen molar-refractivity contribution in [3.05, 3.63) is 95.1 Å². The van der Waals surface area contributed by atoms with Gasteiger partial charge in [-0.05, 0) is 40.0 Å². The number of hydrogen-bond donors (Lipinski definition) is 0. The molecule has 2 aliphatic rings. The molecule has 0 N–H and O–H groups in total. The fourth-order valence-corrected chi connectivity index (χ4v) is 3.28. The molecule has 2 aromatic rings. The van der Waals surface area contributed by atoms with E-state index in [1.165, 1.54) is 27.8 Å². The molecule has 4 rings (SSSR count). The number of rotatable bonds is 2. The Morgan fingerprint density at radius 3 is 2.52 bits per heavy atom. The molecule has 1 atom stereocenters. The predicted octanol–water partition coefficient (Wildman–Crippen LogP) is 4.72. The maximum absolute atomic E-state index is 5.27. The monoisotopic (exact) mass is 272 g/mol. The first-order chi connectivity index (χ1) is 10.4. The molecule has 0 saturated heterocycles. The highest BCUT2D eigenvalue weighted by atomic mass is 16.5. The number of fused-ring (bicyclic) bond motifs is 3. The molecule has 0 heterocycles. The topological polar surface area (TPSA) is 9.23 Å². The third-order valence-electron chi connectivity index (χ3n) is 4.26. The Kier molecular flexibility index (Phi) is 2.78. The van der Waals surface area contributed by atoms with Gasteiger partial charge in [0.15, 0.2) is 0 Å². The summed E-state index contributed by atoms with van der Waals surface area (Å²) < 4.78 is 5.27. The molecular formula is C20H16O. The van der Waals surface area contributed by atoms with Crippen molar-refractivity contribution < 1.29 is 4.74 Å². The second kappa shape index (κ2) is 4.78. The lowest BCUT2D eigenvalue weighted by Crippen LogP contribution is -1.95. The van der Waals surface area contributed by atoms with E-state index in [4.69, 9.17) is 4.74 Å². The van der Waals surface area contributed by atoms with Crippen molar-refractivity contribution in [2.75, 3.05) is 7.11 Å². The van der Waals surface area contributed by atoms with Crippen LogP contribution in [0.5, 0.6) is 5.75 Å². The lowest BCUT2D eigenvalue weighted by Gasteiger charge is -2.12. The van der Waals surface area contributed by atoms with E-state index in [9.17, 15) is 0 Å². The molecule has 0 bridgehead atoms. The van der Waals surface area contributed by atoms with E-state index in [2.05, 4.69) is 60.7 Å². The Hall–Kier alpha value is -2.54. The summed E-state index contributed by atoms with van der Waals surface area (Å²) in [6.45, 7) is 0. The summed E-state index contributed by atoms with van der Waals surface area (Å²) in [5.41, 5.74) is 6.74. The van der Waals surface area contributed by atoms with Gasteiger partial charge in [0.05, 0.1) is 7.11 Å². The van der Waals surface area contributed by atoms with Crippen LogP contribution < -0.4 is 4.74 Å².